The molecule has 0 spiro atoms. The molecule has 0 aromatic heterocycles. The maximum absolute atomic E-state index is 13.1. The summed E-state index contributed by atoms with van der Waals surface area (Å²) in [6, 6.07) is 2.16. The third-order valence-electron chi connectivity index (χ3n) is 1.82. The summed E-state index contributed by atoms with van der Waals surface area (Å²) in [7, 11) is 0. The minimum atomic E-state index is -4.44. The van der Waals surface area contributed by atoms with Crippen molar-refractivity contribution in [3.8, 4) is 0 Å². The van der Waals surface area contributed by atoms with Crippen molar-refractivity contribution in [2.75, 3.05) is 0 Å². The molecule has 0 fully saturated rings. The Morgan fingerprint density at radius 2 is 1.93 bits per heavy atom. The lowest BCUT2D eigenvalue weighted by molar-refractivity contribution is -0.138. The van der Waals surface area contributed by atoms with Crippen molar-refractivity contribution >= 4 is 11.6 Å². The van der Waals surface area contributed by atoms with Crippen molar-refractivity contribution in [2.24, 2.45) is 5.73 Å². The fourth-order valence-electron chi connectivity index (χ4n) is 1.22. The minimum absolute atomic E-state index is 0.0910. The van der Waals surface area contributed by atoms with Crippen molar-refractivity contribution in [3.63, 3.8) is 0 Å². The van der Waals surface area contributed by atoms with Gasteiger partial charge in [0.1, 0.15) is 5.82 Å². The van der Waals surface area contributed by atoms with Gasteiger partial charge in [-0.05, 0) is 12.1 Å². The lowest BCUT2D eigenvalue weighted by atomic mass is 10.0. The molecule has 1 nitrogen and oxygen atoms in total. The molecule has 0 heterocycles. The van der Waals surface area contributed by atoms with Crippen LogP contribution in [0.2, 0.25) is 5.02 Å². The number of alkyl halides is 3. The molecule has 1 aromatic carbocycles. The zero-order valence-electron chi connectivity index (χ0n) is 7.48. The average molecular weight is 242 g/mol. The van der Waals surface area contributed by atoms with Crippen LogP contribution in [0.15, 0.2) is 18.2 Å². The minimum Gasteiger partial charge on any atom is -0.324 e. The van der Waals surface area contributed by atoms with Gasteiger partial charge in [0.25, 0.3) is 0 Å². The molecule has 0 saturated heterocycles. The Hall–Kier alpha value is -0.810. The molecule has 1 atom stereocenters. The first-order valence-electron chi connectivity index (χ1n) is 4.07. The molecule has 15 heavy (non-hydrogen) atoms. The van der Waals surface area contributed by atoms with Gasteiger partial charge in [-0.15, -0.1) is 0 Å². The molecule has 0 radical (unpaired) electrons. The molecule has 1 unspecified atom stereocenters. The summed E-state index contributed by atoms with van der Waals surface area (Å²) in [5.74, 6) is -0.820. The topological polar surface area (TPSA) is 26.0 Å². The van der Waals surface area contributed by atoms with Gasteiger partial charge in [0.2, 0.25) is 0 Å². The van der Waals surface area contributed by atoms with Gasteiger partial charge in [-0.25, -0.2) is 4.39 Å². The van der Waals surface area contributed by atoms with Crippen LogP contribution in [-0.2, 0) is 0 Å². The highest BCUT2D eigenvalue weighted by Crippen LogP contribution is 2.32. The molecule has 0 aliphatic heterocycles. The van der Waals surface area contributed by atoms with E-state index >= 15 is 0 Å². The third-order valence-corrected chi connectivity index (χ3v) is 2.15. The van der Waals surface area contributed by atoms with E-state index in [0.717, 1.165) is 6.07 Å². The normalized spacial score (nSPS) is 14.0. The number of hydrogen-bond donors (Lipinski definition) is 1. The summed E-state index contributed by atoms with van der Waals surface area (Å²) in [6.45, 7) is 0. The molecular weight excluding hydrogens is 234 g/mol. The Balaban J connectivity index is 2.96. The summed E-state index contributed by atoms with van der Waals surface area (Å²) >= 11 is 5.57. The fraction of sp³-hybridized carbons (Fsp3) is 0.333. The van der Waals surface area contributed by atoms with Gasteiger partial charge in [0, 0.05) is 16.6 Å². The molecule has 0 saturated carbocycles. The Morgan fingerprint density at radius 1 is 1.33 bits per heavy atom. The Bertz CT molecular complexity index is 330. The molecule has 6 heteroatoms. The lowest BCUT2D eigenvalue weighted by Gasteiger charge is -2.16. The van der Waals surface area contributed by atoms with Crippen molar-refractivity contribution in [1.29, 1.82) is 0 Å². The quantitative estimate of drug-likeness (QED) is 0.789. The van der Waals surface area contributed by atoms with E-state index in [1.54, 1.807) is 0 Å². The van der Waals surface area contributed by atoms with Crippen molar-refractivity contribution in [1.82, 2.24) is 0 Å². The van der Waals surface area contributed by atoms with Gasteiger partial charge in [-0.1, -0.05) is 17.7 Å². The van der Waals surface area contributed by atoms with Crippen LogP contribution in [-0.4, -0.2) is 6.18 Å². The molecule has 1 aromatic rings. The second-order valence-electron chi connectivity index (χ2n) is 3.06. The maximum atomic E-state index is 13.1. The van der Waals surface area contributed by atoms with E-state index in [2.05, 4.69) is 0 Å². The highest BCUT2D eigenvalue weighted by molar-refractivity contribution is 6.31. The average Bonchev–Trinajstić information content (AvgIpc) is 1.99. The second kappa shape index (κ2) is 4.37. The Kier molecular flexibility index (Phi) is 3.57. The smallest absolute Gasteiger partial charge is 0.324 e. The molecule has 2 N–H and O–H groups in total. The standard InChI is InChI=1S/C9H8ClF4N/c10-5-2-1-3-6(11)8(5)7(15)4-9(12,13)14/h1-3,7H,4,15H2. The summed E-state index contributed by atoms with van der Waals surface area (Å²) in [5, 5.41) is -0.0910. The predicted octanol–water partition coefficient (Wildman–Crippen LogP) is 3.43. The zero-order chi connectivity index (χ0) is 11.6. The first-order valence-corrected chi connectivity index (χ1v) is 4.45. The fourth-order valence-corrected chi connectivity index (χ4v) is 1.52. The van der Waals surface area contributed by atoms with E-state index in [1.165, 1.54) is 12.1 Å². The summed E-state index contributed by atoms with van der Waals surface area (Å²) < 4.78 is 49.2. The first-order chi connectivity index (χ1) is 6.81. The Labute approximate surface area is 88.8 Å². The molecule has 1 rings (SSSR count). The van der Waals surface area contributed by atoms with Crippen molar-refractivity contribution in [2.45, 2.75) is 18.6 Å². The van der Waals surface area contributed by atoms with Crippen molar-refractivity contribution < 1.29 is 17.6 Å². The zero-order valence-corrected chi connectivity index (χ0v) is 8.24. The van der Waals surface area contributed by atoms with Gasteiger partial charge < -0.3 is 5.73 Å². The van der Waals surface area contributed by atoms with Crippen LogP contribution < -0.4 is 5.73 Å². The molecule has 0 amide bonds. The van der Waals surface area contributed by atoms with Crippen LogP contribution in [0.4, 0.5) is 17.6 Å². The lowest BCUT2D eigenvalue weighted by Crippen LogP contribution is -2.21. The molecule has 0 bridgehead atoms. The Morgan fingerprint density at radius 3 is 2.40 bits per heavy atom. The maximum Gasteiger partial charge on any atom is 0.390 e. The first kappa shape index (κ1) is 12.3. The van der Waals surface area contributed by atoms with Gasteiger partial charge in [-0.2, -0.15) is 13.2 Å². The van der Waals surface area contributed by atoms with Gasteiger partial charge in [-0.3, -0.25) is 0 Å². The van der Waals surface area contributed by atoms with Crippen LogP contribution in [0.25, 0.3) is 0 Å². The van der Waals surface area contributed by atoms with E-state index < -0.39 is 24.5 Å². The van der Waals surface area contributed by atoms with Gasteiger partial charge >= 0.3 is 6.18 Å². The van der Waals surface area contributed by atoms with Crippen LogP contribution in [0, 0.1) is 5.82 Å². The number of nitrogens with two attached hydrogens (primary N) is 1. The monoisotopic (exact) mass is 241 g/mol. The third kappa shape index (κ3) is 3.35. The summed E-state index contributed by atoms with van der Waals surface area (Å²) in [4.78, 5) is 0. The van der Waals surface area contributed by atoms with E-state index in [0.29, 0.717) is 0 Å². The highest BCUT2D eigenvalue weighted by atomic mass is 35.5. The van der Waals surface area contributed by atoms with Crippen LogP contribution >= 0.6 is 11.6 Å². The number of hydrogen-bond acceptors (Lipinski definition) is 1. The van der Waals surface area contributed by atoms with E-state index in [9.17, 15) is 17.6 Å². The SMILES string of the molecule is NC(CC(F)(F)F)c1c(F)cccc1Cl. The predicted molar refractivity (Wildman–Crippen MR) is 49.0 cm³/mol. The van der Waals surface area contributed by atoms with Crippen LogP contribution in [0.5, 0.6) is 0 Å². The molecule has 0 aliphatic carbocycles. The molecule has 84 valence electrons. The number of rotatable bonds is 2. The highest BCUT2D eigenvalue weighted by Gasteiger charge is 2.32. The number of halogens is 5. The molecule has 0 aliphatic rings. The number of benzene rings is 1. The van der Waals surface area contributed by atoms with Gasteiger partial charge in [0.15, 0.2) is 0 Å². The van der Waals surface area contributed by atoms with E-state index in [4.69, 9.17) is 17.3 Å². The largest absolute Gasteiger partial charge is 0.390 e. The van der Waals surface area contributed by atoms with Crippen LogP contribution in [0.1, 0.15) is 18.0 Å². The van der Waals surface area contributed by atoms with E-state index in [1.807, 2.05) is 0 Å². The van der Waals surface area contributed by atoms with Crippen molar-refractivity contribution in [3.05, 3.63) is 34.6 Å². The van der Waals surface area contributed by atoms with Gasteiger partial charge in [0.05, 0.1) is 6.42 Å². The summed E-state index contributed by atoms with van der Waals surface area (Å²) in [5.41, 5.74) is 4.94. The second-order valence-corrected chi connectivity index (χ2v) is 3.47. The van der Waals surface area contributed by atoms with Crippen LogP contribution in [0.3, 0.4) is 0 Å². The summed E-state index contributed by atoms with van der Waals surface area (Å²) in [6.07, 6.45) is -5.74. The van der Waals surface area contributed by atoms with E-state index in [-0.39, 0.29) is 10.6 Å². The molecular formula is C9H8ClF4N.